The van der Waals surface area contributed by atoms with Gasteiger partial charge in [-0.05, 0) is 30.4 Å². The van der Waals surface area contributed by atoms with E-state index in [-0.39, 0.29) is 5.75 Å². The molecule has 0 aliphatic heterocycles. The van der Waals surface area contributed by atoms with Gasteiger partial charge in [0.1, 0.15) is 18.3 Å². The fourth-order valence-corrected chi connectivity index (χ4v) is 2.13. The number of fused-ring (bicyclic) bond motifs is 1. The van der Waals surface area contributed by atoms with E-state index in [4.69, 9.17) is 0 Å². The Balaban J connectivity index is 1.97. The van der Waals surface area contributed by atoms with E-state index >= 15 is 0 Å². The van der Waals surface area contributed by atoms with Crippen LogP contribution in [-0.4, -0.2) is 10.1 Å². The first kappa shape index (κ1) is 12.4. The molecule has 0 spiro atoms. The Bertz CT molecular complexity index is 794. The highest BCUT2D eigenvalue weighted by atomic mass is 16.3. The van der Waals surface area contributed by atoms with E-state index in [9.17, 15) is 5.11 Å². The number of rotatable bonds is 2. The summed E-state index contributed by atoms with van der Waals surface area (Å²) in [4.78, 5) is 4.47. The predicted molar refractivity (Wildman–Crippen MR) is 80.0 cm³/mol. The Hall–Kier alpha value is -2.68. The van der Waals surface area contributed by atoms with Crippen molar-refractivity contribution in [3.05, 3.63) is 66.1 Å². The van der Waals surface area contributed by atoms with Crippen LogP contribution >= 0.6 is 0 Å². The third kappa shape index (κ3) is 2.52. The van der Waals surface area contributed by atoms with Gasteiger partial charge in [-0.1, -0.05) is 18.2 Å². The molecule has 3 rings (SSSR count). The number of benzene rings is 1. The molecule has 3 heteroatoms. The van der Waals surface area contributed by atoms with Gasteiger partial charge in [0.15, 0.2) is 12.4 Å². The summed E-state index contributed by atoms with van der Waals surface area (Å²) in [5.74, 6) is 0.212. The molecule has 0 saturated heterocycles. The number of aromatic nitrogens is 2. The van der Waals surface area contributed by atoms with Crippen molar-refractivity contribution in [1.82, 2.24) is 4.98 Å². The highest BCUT2D eigenvalue weighted by Gasteiger charge is 2.01. The molecule has 0 bridgehead atoms. The van der Waals surface area contributed by atoms with Crippen LogP contribution in [0.4, 0.5) is 0 Å². The second kappa shape index (κ2) is 5.13. The van der Waals surface area contributed by atoms with Crippen molar-refractivity contribution in [2.45, 2.75) is 0 Å². The molecule has 0 fully saturated rings. The van der Waals surface area contributed by atoms with Crippen molar-refractivity contribution >= 4 is 23.1 Å². The first-order valence-corrected chi connectivity index (χ1v) is 6.44. The minimum Gasteiger partial charge on any atom is -0.506 e. The summed E-state index contributed by atoms with van der Waals surface area (Å²) in [6, 6.07) is 13.4. The minimum atomic E-state index is 0.212. The van der Waals surface area contributed by atoms with Gasteiger partial charge in [-0.25, -0.2) is 9.55 Å². The van der Waals surface area contributed by atoms with Crippen LogP contribution in [0.15, 0.2) is 54.9 Å². The third-order valence-corrected chi connectivity index (χ3v) is 3.13. The van der Waals surface area contributed by atoms with E-state index in [1.54, 1.807) is 6.07 Å². The maximum Gasteiger partial charge on any atom is 0.175 e. The molecule has 3 nitrogen and oxygen atoms in total. The van der Waals surface area contributed by atoms with E-state index in [0.29, 0.717) is 5.52 Å². The molecule has 2 aromatic heterocycles. The Labute approximate surface area is 117 Å². The fraction of sp³-hybridized carbons (Fsp3) is 0.0588. The average Bonchev–Trinajstić information content (AvgIpc) is 2.46. The van der Waals surface area contributed by atoms with Crippen LogP contribution in [0.3, 0.4) is 0 Å². The molecule has 0 aliphatic carbocycles. The quantitative estimate of drug-likeness (QED) is 0.722. The fourth-order valence-electron chi connectivity index (χ4n) is 2.13. The molecule has 3 aromatic rings. The summed E-state index contributed by atoms with van der Waals surface area (Å²) in [7, 11) is 1.99. The number of aryl methyl sites for hydroxylation is 1. The molecule has 0 aliphatic rings. The van der Waals surface area contributed by atoms with Crippen molar-refractivity contribution in [3.63, 3.8) is 0 Å². The lowest BCUT2D eigenvalue weighted by molar-refractivity contribution is -0.671. The minimum absolute atomic E-state index is 0.212. The van der Waals surface area contributed by atoms with E-state index in [2.05, 4.69) is 4.98 Å². The Morgan fingerprint density at radius 3 is 2.80 bits per heavy atom. The topological polar surface area (TPSA) is 37.0 Å². The van der Waals surface area contributed by atoms with Crippen LogP contribution in [0.5, 0.6) is 5.75 Å². The smallest absolute Gasteiger partial charge is 0.175 e. The lowest BCUT2D eigenvalue weighted by Gasteiger charge is -2.01. The zero-order valence-corrected chi connectivity index (χ0v) is 11.2. The van der Waals surface area contributed by atoms with E-state index in [1.165, 1.54) is 0 Å². The Morgan fingerprint density at radius 1 is 1.05 bits per heavy atom. The average molecular weight is 263 g/mol. The van der Waals surface area contributed by atoms with Gasteiger partial charge in [-0.15, -0.1) is 0 Å². The van der Waals surface area contributed by atoms with Gasteiger partial charge in [-0.3, -0.25) is 0 Å². The highest BCUT2D eigenvalue weighted by molar-refractivity contribution is 5.85. The van der Waals surface area contributed by atoms with Crippen LogP contribution in [0, 0.1) is 0 Å². The lowest BCUT2D eigenvalue weighted by Crippen LogP contribution is -2.26. The van der Waals surface area contributed by atoms with Gasteiger partial charge in [0, 0.05) is 17.0 Å². The van der Waals surface area contributed by atoms with Crippen LogP contribution in [-0.2, 0) is 7.05 Å². The number of aromatic hydroxyl groups is 1. The van der Waals surface area contributed by atoms with E-state index < -0.39 is 0 Å². The number of hydrogen-bond donors (Lipinski definition) is 1. The summed E-state index contributed by atoms with van der Waals surface area (Å²) in [6.07, 6.45) is 7.98. The standard InChI is InChI=1S/C17H14N2O/c1-19-11-3-4-13(12-19)7-9-15-10-8-14-5-2-6-16(20)17(14)18-15/h2-12H,1H3/p+1/b9-7+. The van der Waals surface area contributed by atoms with Crippen LogP contribution in [0.25, 0.3) is 23.1 Å². The molecule has 0 atom stereocenters. The first-order valence-electron chi connectivity index (χ1n) is 6.44. The molecule has 1 N–H and O–H groups in total. The number of hydrogen-bond acceptors (Lipinski definition) is 2. The zero-order valence-electron chi connectivity index (χ0n) is 11.2. The summed E-state index contributed by atoms with van der Waals surface area (Å²) in [5, 5.41) is 10.8. The molecule has 0 radical (unpaired) electrons. The second-order valence-electron chi connectivity index (χ2n) is 4.72. The van der Waals surface area contributed by atoms with Gasteiger partial charge in [0.25, 0.3) is 0 Å². The Kier molecular flexibility index (Phi) is 3.17. The number of para-hydroxylation sites is 1. The zero-order chi connectivity index (χ0) is 13.9. The molecule has 2 heterocycles. The predicted octanol–water partition coefficient (Wildman–Crippen LogP) is 2.94. The van der Waals surface area contributed by atoms with Gasteiger partial charge in [0.2, 0.25) is 0 Å². The van der Waals surface area contributed by atoms with Crippen molar-refractivity contribution in [3.8, 4) is 5.75 Å². The molecule has 1 aromatic carbocycles. The SMILES string of the molecule is C[n+]1cccc(/C=C/c2ccc3cccc(O)c3n2)c1. The van der Waals surface area contributed by atoms with Gasteiger partial charge in [0.05, 0.1) is 5.69 Å². The summed E-state index contributed by atoms with van der Waals surface area (Å²) in [6.45, 7) is 0. The van der Waals surface area contributed by atoms with Gasteiger partial charge in [-0.2, -0.15) is 0 Å². The highest BCUT2D eigenvalue weighted by Crippen LogP contribution is 2.22. The summed E-state index contributed by atoms with van der Waals surface area (Å²) in [5.41, 5.74) is 2.56. The molecule has 0 unspecified atom stereocenters. The molecule has 0 amide bonds. The Morgan fingerprint density at radius 2 is 1.95 bits per heavy atom. The molecule has 20 heavy (non-hydrogen) atoms. The van der Waals surface area contributed by atoms with Crippen molar-refractivity contribution in [1.29, 1.82) is 0 Å². The maximum absolute atomic E-state index is 9.83. The monoisotopic (exact) mass is 263 g/mol. The maximum atomic E-state index is 9.83. The third-order valence-electron chi connectivity index (χ3n) is 3.13. The van der Waals surface area contributed by atoms with Gasteiger partial charge >= 0.3 is 0 Å². The number of phenols is 1. The number of phenolic OH excluding ortho intramolecular Hbond substituents is 1. The molecule has 98 valence electrons. The van der Waals surface area contributed by atoms with Crippen molar-refractivity contribution < 1.29 is 9.67 Å². The summed E-state index contributed by atoms with van der Waals surface area (Å²) >= 11 is 0. The number of pyridine rings is 2. The van der Waals surface area contributed by atoms with Crippen molar-refractivity contribution in [2.24, 2.45) is 7.05 Å². The van der Waals surface area contributed by atoms with E-state index in [1.807, 2.05) is 72.6 Å². The first-order chi connectivity index (χ1) is 9.72. The van der Waals surface area contributed by atoms with Crippen LogP contribution in [0.2, 0.25) is 0 Å². The van der Waals surface area contributed by atoms with Crippen LogP contribution < -0.4 is 4.57 Å². The molecule has 0 saturated carbocycles. The largest absolute Gasteiger partial charge is 0.506 e. The van der Waals surface area contributed by atoms with Gasteiger partial charge < -0.3 is 5.11 Å². The number of nitrogens with zero attached hydrogens (tertiary/aromatic N) is 2. The van der Waals surface area contributed by atoms with E-state index in [0.717, 1.165) is 16.6 Å². The van der Waals surface area contributed by atoms with Crippen LogP contribution in [0.1, 0.15) is 11.3 Å². The lowest BCUT2D eigenvalue weighted by atomic mass is 10.1. The molecular weight excluding hydrogens is 248 g/mol. The summed E-state index contributed by atoms with van der Waals surface area (Å²) < 4.78 is 2.00. The molecular formula is C17H15N2O+. The normalized spacial score (nSPS) is 11.2. The second-order valence-corrected chi connectivity index (χ2v) is 4.72. The van der Waals surface area contributed by atoms with Crippen molar-refractivity contribution in [2.75, 3.05) is 0 Å².